The monoisotopic (exact) mass is 258 g/mol. The van der Waals surface area contributed by atoms with Gasteiger partial charge in [-0.1, -0.05) is 6.92 Å². The maximum absolute atomic E-state index is 9.83. The summed E-state index contributed by atoms with van der Waals surface area (Å²) in [7, 11) is 0. The van der Waals surface area contributed by atoms with Crippen LogP contribution in [-0.4, -0.2) is 14.7 Å². The summed E-state index contributed by atoms with van der Waals surface area (Å²) in [5, 5.41) is 9.83. The topological polar surface area (TPSA) is 38.0 Å². The number of hydrogen-bond donors (Lipinski definition) is 1. The molecule has 0 aliphatic carbocycles. The van der Waals surface area contributed by atoms with E-state index in [1.54, 1.807) is 0 Å². The van der Waals surface area contributed by atoms with Crippen LogP contribution in [0.3, 0.4) is 0 Å². The third-order valence-corrected chi connectivity index (χ3v) is 3.27. The summed E-state index contributed by atoms with van der Waals surface area (Å²) in [5.41, 5.74) is 0.972. The smallest absolute Gasteiger partial charge is 0.130 e. The van der Waals surface area contributed by atoms with E-state index in [9.17, 15) is 5.11 Å². The summed E-state index contributed by atoms with van der Waals surface area (Å²) in [5.74, 6) is 1.10. The van der Waals surface area contributed by atoms with Crippen molar-refractivity contribution in [2.24, 2.45) is 0 Å². The van der Waals surface area contributed by atoms with Crippen molar-refractivity contribution in [3.63, 3.8) is 0 Å². The predicted molar refractivity (Wildman–Crippen MR) is 58.1 cm³/mol. The average Bonchev–Trinajstić information content (AvgIpc) is 2.46. The van der Waals surface area contributed by atoms with E-state index in [2.05, 4.69) is 32.4 Å². The Hall–Kier alpha value is -0.350. The van der Waals surface area contributed by atoms with Crippen LogP contribution in [0.4, 0.5) is 0 Å². The largest absolute Gasteiger partial charge is 0.387 e. The van der Waals surface area contributed by atoms with Crippen molar-refractivity contribution >= 4 is 15.9 Å². The fraction of sp³-hybridized carbons (Fsp3) is 0.700. The second kappa shape index (κ2) is 4.03. The van der Waals surface area contributed by atoms with Crippen LogP contribution in [0.25, 0.3) is 0 Å². The molecule has 4 heteroatoms. The van der Waals surface area contributed by atoms with Crippen LogP contribution in [0, 0.1) is 0 Å². The van der Waals surface area contributed by atoms with Crippen LogP contribution < -0.4 is 0 Å². The van der Waals surface area contributed by atoms with E-state index < -0.39 is 0 Å². The minimum atomic E-state index is -0.337. The summed E-state index contributed by atoms with van der Waals surface area (Å²) in [6.07, 6.45) is 3.66. The van der Waals surface area contributed by atoms with E-state index >= 15 is 0 Å². The number of halogens is 1. The standard InChI is InChI=1S/C10H15BrN2O/c1-2-4-8-12-10(11)9-7(14)5-3-6-13(8)9/h7,14H,2-6H2,1H3. The summed E-state index contributed by atoms with van der Waals surface area (Å²) in [4.78, 5) is 4.45. The first-order valence-corrected chi connectivity index (χ1v) is 5.96. The van der Waals surface area contributed by atoms with Crippen LogP contribution in [-0.2, 0) is 13.0 Å². The number of imidazole rings is 1. The minimum Gasteiger partial charge on any atom is -0.387 e. The van der Waals surface area contributed by atoms with Gasteiger partial charge in [-0.05, 0) is 35.2 Å². The summed E-state index contributed by atoms with van der Waals surface area (Å²) in [6.45, 7) is 3.15. The Balaban J connectivity index is 2.41. The highest BCUT2D eigenvalue weighted by atomic mass is 79.9. The molecule has 0 amide bonds. The van der Waals surface area contributed by atoms with Crippen molar-refractivity contribution in [3.05, 3.63) is 16.1 Å². The third-order valence-electron chi connectivity index (χ3n) is 2.69. The van der Waals surface area contributed by atoms with Gasteiger partial charge in [0.2, 0.25) is 0 Å². The Bertz CT molecular complexity index is 335. The Morgan fingerprint density at radius 3 is 3.14 bits per heavy atom. The van der Waals surface area contributed by atoms with Crippen LogP contribution in [0.1, 0.15) is 43.8 Å². The first kappa shape index (κ1) is 10.2. The van der Waals surface area contributed by atoms with Crippen LogP contribution in [0.2, 0.25) is 0 Å². The molecule has 0 spiro atoms. The molecule has 1 atom stereocenters. The number of aryl methyl sites for hydroxylation is 1. The highest BCUT2D eigenvalue weighted by molar-refractivity contribution is 9.10. The Morgan fingerprint density at radius 2 is 2.43 bits per heavy atom. The van der Waals surface area contributed by atoms with Gasteiger partial charge in [0.25, 0.3) is 0 Å². The van der Waals surface area contributed by atoms with Gasteiger partial charge in [-0.15, -0.1) is 0 Å². The quantitative estimate of drug-likeness (QED) is 0.885. The second-order valence-electron chi connectivity index (χ2n) is 3.76. The lowest BCUT2D eigenvalue weighted by atomic mass is 10.1. The molecule has 2 rings (SSSR count). The zero-order valence-electron chi connectivity index (χ0n) is 8.33. The molecule has 0 bridgehead atoms. The molecule has 1 aliphatic heterocycles. The number of aromatic nitrogens is 2. The molecule has 0 saturated carbocycles. The molecule has 1 unspecified atom stereocenters. The lowest BCUT2D eigenvalue weighted by molar-refractivity contribution is 0.137. The summed E-state index contributed by atoms with van der Waals surface area (Å²) < 4.78 is 3.00. The first-order chi connectivity index (χ1) is 6.74. The maximum Gasteiger partial charge on any atom is 0.130 e. The van der Waals surface area contributed by atoms with Gasteiger partial charge in [0, 0.05) is 13.0 Å². The number of rotatable bonds is 2. The van der Waals surface area contributed by atoms with Crippen molar-refractivity contribution in [2.75, 3.05) is 0 Å². The average molecular weight is 259 g/mol. The van der Waals surface area contributed by atoms with E-state index in [1.165, 1.54) is 0 Å². The number of hydrogen-bond acceptors (Lipinski definition) is 2. The SMILES string of the molecule is CCCc1nc(Br)c2n1CCCC2O. The fourth-order valence-electron chi connectivity index (χ4n) is 2.04. The zero-order valence-corrected chi connectivity index (χ0v) is 9.92. The molecule has 0 saturated heterocycles. The van der Waals surface area contributed by atoms with Gasteiger partial charge in [-0.25, -0.2) is 4.98 Å². The molecule has 1 aromatic rings. The van der Waals surface area contributed by atoms with Crippen LogP contribution in [0.15, 0.2) is 4.60 Å². The van der Waals surface area contributed by atoms with Crippen molar-refractivity contribution in [1.29, 1.82) is 0 Å². The van der Waals surface area contributed by atoms with Crippen molar-refractivity contribution < 1.29 is 5.11 Å². The lowest BCUT2D eigenvalue weighted by Crippen LogP contribution is -2.17. The van der Waals surface area contributed by atoms with E-state index in [-0.39, 0.29) is 6.10 Å². The highest BCUT2D eigenvalue weighted by Gasteiger charge is 2.24. The van der Waals surface area contributed by atoms with Gasteiger partial charge in [-0.3, -0.25) is 0 Å². The van der Waals surface area contributed by atoms with Gasteiger partial charge in [-0.2, -0.15) is 0 Å². The molecule has 2 heterocycles. The molecular weight excluding hydrogens is 244 g/mol. The Morgan fingerprint density at radius 1 is 1.64 bits per heavy atom. The minimum absolute atomic E-state index is 0.337. The molecule has 1 N–H and O–H groups in total. The molecule has 0 radical (unpaired) electrons. The van der Waals surface area contributed by atoms with E-state index in [0.717, 1.165) is 48.3 Å². The van der Waals surface area contributed by atoms with Gasteiger partial charge in [0.05, 0.1) is 11.8 Å². The zero-order chi connectivity index (χ0) is 10.1. The van der Waals surface area contributed by atoms with Gasteiger partial charge >= 0.3 is 0 Å². The molecule has 1 aromatic heterocycles. The van der Waals surface area contributed by atoms with E-state index in [0.29, 0.717) is 0 Å². The highest BCUT2D eigenvalue weighted by Crippen LogP contribution is 2.32. The molecule has 3 nitrogen and oxygen atoms in total. The molecule has 78 valence electrons. The molecular formula is C10H15BrN2O. The van der Waals surface area contributed by atoms with Crippen molar-refractivity contribution in [2.45, 2.75) is 45.3 Å². The van der Waals surface area contributed by atoms with Crippen molar-refractivity contribution in [3.8, 4) is 0 Å². The number of aliphatic hydroxyl groups is 1. The van der Waals surface area contributed by atoms with Crippen LogP contribution in [0.5, 0.6) is 0 Å². The van der Waals surface area contributed by atoms with Gasteiger partial charge < -0.3 is 9.67 Å². The third kappa shape index (κ3) is 1.61. The number of nitrogens with zero attached hydrogens (tertiary/aromatic N) is 2. The van der Waals surface area contributed by atoms with Gasteiger partial charge in [0.15, 0.2) is 0 Å². The van der Waals surface area contributed by atoms with E-state index in [1.807, 2.05) is 0 Å². The van der Waals surface area contributed by atoms with Crippen LogP contribution >= 0.6 is 15.9 Å². The molecule has 14 heavy (non-hydrogen) atoms. The van der Waals surface area contributed by atoms with Gasteiger partial charge in [0.1, 0.15) is 10.4 Å². The molecule has 1 aliphatic rings. The number of fused-ring (bicyclic) bond motifs is 1. The second-order valence-corrected chi connectivity index (χ2v) is 4.51. The van der Waals surface area contributed by atoms with E-state index in [4.69, 9.17) is 0 Å². The molecule has 0 aromatic carbocycles. The maximum atomic E-state index is 9.83. The summed E-state index contributed by atoms with van der Waals surface area (Å²) >= 11 is 3.42. The number of aliphatic hydroxyl groups excluding tert-OH is 1. The fourth-order valence-corrected chi connectivity index (χ4v) is 2.73. The first-order valence-electron chi connectivity index (χ1n) is 5.17. The predicted octanol–water partition coefficient (Wildman–Crippen LogP) is 2.43. The summed E-state index contributed by atoms with van der Waals surface area (Å²) in [6, 6.07) is 0. The lowest BCUT2D eigenvalue weighted by Gasteiger charge is -2.21. The van der Waals surface area contributed by atoms with Crippen molar-refractivity contribution in [1.82, 2.24) is 9.55 Å². The Kier molecular flexibility index (Phi) is 2.93. The Labute approximate surface area is 92.3 Å². The molecule has 0 fully saturated rings. The normalized spacial score (nSPS) is 20.9.